The number of nitrogens with zero attached hydrogens (tertiary/aromatic N) is 1. The number of rotatable bonds is 3. The lowest BCUT2D eigenvalue weighted by Crippen LogP contribution is -2.58. The summed E-state index contributed by atoms with van der Waals surface area (Å²) >= 11 is 0. The van der Waals surface area contributed by atoms with Gasteiger partial charge in [-0.3, -0.25) is 0 Å². The molecule has 0 heterocycles. The average molecular weight is 186 g/mol. The number of amides is 2. The highest BCUT2D eigenvalue weighted by atomic mass is 16.3. The van der Waals surface area contributed by atoms with Gasteiger partial charge < -0.3 is 15.3 Å². The van der Waals surface area contributed by atoms with Crippen LogP contribution in [0.4, 0.5) is 4.79 Å². The van der Waals surface area contributed by atoms with Gasteiger partial charge in [0, 0.05) is 13.6 Å². The lowest BCUT2D eigenvalue weighted by Gasteiger charge is -2.41. The molecule has 0 aromatic heterocycles. The molecule has 0 atom stereocenters. The van der Waals surface area contributed by atoms with Crippen LogP contribution in [0.1, 0.15) is 26.2 Å². The van der Waals surface area contributed by atoms with E-state index in [1.165, 1.54) is 0 Å². The van der Waals surface area contributed by atoms with Crippen LogP contribution in [0.3, 0.4) is 0 Å². The molecule has 13 heavy (non-hydrogen) atoms. The highest BCUT2D eigenvalue weighted by Crippen LogP contribution is 2.31. The molecule has 0 aromatic carbocycles. The SMILES string of the molecule is CCN(C)C(=O)NC1(CO)CCC1. The maximum atomic E-state index is 11.4. The Kier molecular flexibility index (Phi) is 3.14. The molecule has 1 rings (SSSR count). The van der Waals surface area contributed by atoms with Crippen LogP contribution in [-0.2, 0) is 0 Å². The Balaban J connectivity index is 2.42. The van der Waals surface area contributed by atoms with E-state index in [2.05, 4.69) is 5.32 Å². The quantitative estimate of drug-likeness (QED) is 0.676. The van der Waals surface area contributed by atoms with Crippen LogP contribution in [-0.4, -0.2) is 41.8 Å². The Bertz CT molecular complexity index is 185. The second kappa shape index (κ2) is 3.96. The topological polar surface area (TPSA) is 52.6 Å². The molecule has 0 unspecified atom stereocenters. The molecule has 0 spiro atoms. The normalized spacial score (nSPS) is 19.0. The van der Waals surface area contributed by atoms with Crippen LogP contribution in [0.5, 0.6) is 0 Å². The maximum absolute atomic E-state index is 11.4. The fourth-order valence-corrected chi connectivity index (χ4v) is 1.39. The summed E-state index contributed by atoms with van der Waals surface area (Å²) in [7, 11) is 1.75. The molecular formula is C9H18N2O2. The van der Waals surface area contributed by atoms with Gasteiger partial charge in [0.15, 0.2) is 0 Å². The third-order valence-electron chi connectivity index (χ3n) is 2.81. The van der Waals surface area contributed by atoms with Crippen molar-refractivity contribution in [2.45, 2.75) is 31.7 Å². The van der Waals surface area contributed by atoms with Crippen LogP contribution in [0.25, 0.3) is 0 Å². The minimum Gasteiger partial charge on any atom is -0.394 e. The molecule has 2 amide bonds. The van der Waals surface area contributed by atoms with Crippen molar-refractivity contribution in [3.63, 3.8) is 0 Å². The van der Waals surface area contributed by atoms with Crippen molar-refractivity contribution >= 4 is 6.03 Å². The number of carbonyl (C=O) groups is 1. The first kappa shape index (κ1) is 10.3. The monoisotopic (exact) mass is 186 g/mol. The van der Waals surface area contributed by atoms with Crippen LogP contribution < -0.4 is 5.32 Å². The molecule has 1 fully saturated rings. The highest BCUT2D eigenvalue weighted by Gasteiger charge is 2.38. The van der Waals surface area contributed by atoms with Crippen molar-refractivity contribution in [2.75, 3.05) is 20.2 Å². The van der Waals surface area contributed by atoms with Gasteiger partial charge in [0.05, 0.1) is 12.1 Å². The van der Waals surface area contributed by atoms with Gasteiger partial charge in [0.1, 0.15) is 0 Å². The summed E-state index contributed by atoms with van der Waals surface area (Å²) in [6, 6.07) is -0.0868. The van der Waals surface area contributed by atoms with E-state index in [-0.39, 0.29) is 18.2 Å². The molecule has 4 nitrogen and oxygen atoms in total. The number of hydrogen-bond donors (Lipinski definition) is 2. The average Bonchev–Trinajstić information content (AvgIpc) is 2.09. The summed E-state index contributed by atoms with van der Waals surface area (Å²) < 4.78 is 0. The zero-order valence-electron chi connectivity index (χ0n) is 8.34. The Morgan fingerprint density at radius 3 is 2.54 bits per heavy atom. The van der Waals surface area contributed by atoms with Gasteiger partial charge in [-0.05, 0) is 26.2 Å². The van der Waals surface area contributed by atoms with Crippen LogP contribution in [0.15, 0.2) is 0 Å². The maximum Gasteiger partial charge on any atom is 0.317 e. The number of hydrogen-bond acceptors (Lipinski definition) is 2. The van der Waals surface area contributed by atoms with Crippen LogP contribution in [0.2, 0.25) is 0 Å². The van der Waals surface area contributed by atoms with Crippen molar-refractivity contribution in [1.82, 2.24) is 10.2 Å². The molecule has 0 aliphatic heterocycles. The number of aliphatic hydroxyl groups is 1. The molecular weight excluding hydrogens is 168 g/mol. The van der Waals surface area contributed by atoms with Crippen molar-refractivity contribution in [3.05, 3.63) is 0 Å². The molecule has 1 aliphatic rings. The van der Waals surface area contributed by atoms with Gasteiger partial charge in [-0.2, -0.15) is 0 Å². The van der Waals surface area contributed by atoms with Crippen LogP contribution in [0, 0.1) is 0 Å². The van der Waals surface area contributed by atoms with E-state index < -0.39 is 0 Å². The van der Waals surface area contributed by atoms with Crippen molar-refractivity contribution in [2.24, 2.45) is 0 Å². The third kappa shape index (κ3) is 2.12. The Hall–Kier alpha value is -0.770. The fourth-order valence-electron chi connectivity index (χ4n) is 1.39. The second-order valence-electron chi connectivity index (χ2n) is 3.74. The van der Waals surface area contributed by atoms with E-state index in [0.717, 1.165) is 19.3 Å². The second-order valence-corrected chi connectivity index (χ2v) is 3.74. The first-order chi connectivity index (χ1) is 6.13. The first-order valence-corrected chi connectivity index (χ1v) is 4.78. The molecule has 0 saturated heterocycles. The summed E-state index contributed by atoms with van der Waals surface area (Å²) in [5.74, 6) is 0. The van der Waals surface area contributed by atoms with Gasteiger partial charge in [0.2, 0.25) is 0 Å². The fraction of sp³-hybridized carbons (Fsp3) is 0.889. The zero-order valence-corrected chi connectivity index (χ0v) is 8.34. The van der Waals surface area contributed by atoms with Crippen molar-refractivity contribution in [1.29, 1.82) is 0 Å². The number of urea groups is 1. The molecule has 0 aromatic rings. The van der Waals surface area contributed by atoms with Crippen molar-refractivity contribution in [3.8, 4) is 0 Å². The number of carbonyl (C=O) groups excluding carboxylic acids is 1. The molecule has 1 saturated carbocycles. The standard InChI is InChI=1S/C9H18N2O2/c1-3-11(2)8(13)10-9(7-12)5-4-6-9/h12H,3-7H2,1-2H3,(H,10,13). The van der Waals surface area contributed by atoms with Crippen LogP contribution >= 0.6 is 0 Å². The van der Waals surface area contributed by atoms with E-state index in [4.69, 9.17) is 5.11 Å². The van der Waals surface area contributed by atoms with Gasteiger partial charge >= 0.3 is 6.03 Å². The van der Waals surface area contributed by atoms with Gasteiger partial charge in [0.25, 0.3) is 0 Å². The Morgan fingerprint density at radius 1 is 1.62 bits per heavy atom. The Morgan fingerprint density at radius 2 is 2.23 bits per heavy atom. The Labute approximate surface area is 78.9 Å². The summed E-state index contributed by atoms with van der Waals surface area (Å²) in [5.41, 5.74) is -0.319. The molecule has 2 N–H and O–H groups in total. The van der Waals surface area contributed by atoms with Gasteiger partial charge in [-0.1, -0.05) is 0 Å². The minimum absolute atomic E-state index is 0.0519. The number of aliphatic hydroxyl groups excluding tert-OH is 1. The van der Waals surface area contributed by atoms with Gasteiger partial charge in [-0.25, -0.2) is 4.79 Å². The molecule has 76 valence electrons. The lowest BCUT2D eigenvalue weighted by atomic mass is 9.77. The third-order valence-corrected chi connectivity index (χ3v) is 2.81. The molecule has 4 heteroatoms. The molecule has 1 aliphatic carbocycles. The summed E-state index contributed by atoms with van der Waals surface area (Å²) in [4.78, 5) is 13.1. The number of nitrogens with one attached hydrogen (secondary N) is 1. The summed E-state index contributed by atoms with van der Waals surface area (Å²) in [5, 5.41) is 12.0. The largest absolute Gasteiger partial charge is 0.394 e. The predicted molar refractivity (Wildman–Crippen MR) is 50.5 cm³/mol. The minimum atomic E-state index is -0.319. The van der Waals surface area contributed by atoms with E-state index in [9.17, 15) is 4.79 Å². The van der Waals surface area contributed by atoms with E-state index in [0.29, 0.717) is 6.54 Å². The molecule has 0 bridgehead atoms. The van der Waals surface area contributed by atoms with E-state index >= 15 is 0 Å². The smallest absolute Gasteiger partial charge is 0.317 e. The van der Waals surface area contributed by atoms with E-state index in [1.54, 1.807) is 11.9 Å². The van der Waals surface area contributed by atoms with Crippen molar-refractivity contribution < 1.29 is 9.90 Å². The first-order valence-electron chi connectivity index (χ1n) is 4.78. The van der Waals surface area contributed by atoms with E-state index in [1.807, 2.05) is 6.92 Å². The predicted octanol–water partition coefficient (Wildman–Crippen LogP) is 0.563. The van der Waals surface area contributed by atoms with Gasteiger partial charge in [-0.15, -0.1) is 0 Å². The molecule has 0 radical (unpaired) electrons. The summed E-state index contributed by atoms with van der Waals surface area (Å²) in [6.45, 7) is 2.66. The highest BCUT2D eigenvalue weighted by molar-refractivity contribution is 5.74. The summed E-state index contributed by atoms with van der Waals surface area (Å²) in [6.07, 6.45) is 2.89. The lowest BCUT2D eigenvalue weighted by molar-refractivity contribution is 0.0895. The zero-order chi connectivity index (χ0) is 9.90.